The average molecular weight is 421 g/mol. The maximum Gasteiger partial charge on any atom is 0.488 e. The highest BCUT2D eigenvalue weighted by Crippen LogP contribution is 2.12. The van der Waals surface area contributed by atoms with Crippen molar-refractivity contribution in [1.29, 1.82) is 0 Å². The third-order valence-corrected chi connectivity index (χ3v) is 3.58. The Morgan fingerprint density at radius 2 is 2.18 bits per heavy atom. The van der Waals surface area contributed by atoms with E-state index in [1.807, 2.05) is 29.5 Å². The van der Waals surface area contributed by atoms with Gasteiger partial charge in [-0.2, -0.15) is 0 Å². The van der Waals surface area contributed by atoms with Gasteiger partial charge >= 0.3 is 7.12 Å². The van der Waals surface area contributed by atoms with E-state index in [2.05, 4.69) is 5.32 Å². The van der Waals surface area contributed by atoms with Gasteiger partial charge in [-0.1, -0.05) is 28.7 Å². The lowest BCUT2D eigenvalue weighted by molar-refractivity contribution is -0.118. The molecule has 6 nitrogen and oxygen atoms in total. The van der Waals surface area contributed by atoms with Crippen LogP contribution in [0, 0.1) is 0 Å². The van der Waals surface area contributed by atoms with Gasteiger partial charge in [0.15, 0.2) is 0 Å². The van der Waals surface area contributed by atoms with Gasteiger partial charge in [-0.25, -0.2) is 0 Å². The molecule has 0 bridgehead atoms. The van der Waals surface area contributed by atoms with Gasteiger partial charge in [-0.05, 0) is 36.5 Å². The number of benzene rings is 1. The molecule has 0 aliphatic carbocycles. The molecule has 0 aromatic heterocycles. The standard InChI is InChI=1S/C14H21BINO5/c1-2-21-10-11-4-5-12(8-13(11)15(19)20)22-7-3-6-17-14(18)9-16/h4-5,8,19-20H,2-3,6-7,9-10H2,1H3,(H,17,18). The number of hydrogen-bond acceptors (Lipinski definition) is 5. The first-order valence-electron chi connectivity index (χ1n) is 7.10. The van der Waals surface area contributed by atoms with Crippen LogP contribution in [0.4, 0.5) is 0 Å². The Balaban J connectivity index is 2.50. The first-order valence-corrected chi connectivity index (χ1v) is 8.63. The summed E-state index contributed by atoms with van der Waals surface area (Å²) < 4.78 is 11.3. The van der Waals surface area contributed by atoms with Gasteiger partial charge in [0, 0.05) is 13.2 Å². The smallest absolute Gasteiger partial charge is 0.488 e. The fraction of sp³-hybridized carbons (Fsp3) is 0.500. The molecule has 1 aromatic rings. The van der Waals surface area contributed by atoms with Gasteiger partial charge in [0.1, 0.15) is 5.75 Å². The van der Waals surface area contributed by atoms with Gasteiger partial charge < -0.3 is 24.8 Å². The van der Waals surface area contributed by atoms with Gasteiger partial charge in [-0.3, -0.25) is 4.79 Å². The van der Waals surface area contributed by atoms with Crippen molar-refractivity contribution in [2.45, 2.75) is 20.0 Å². The largest absolute Gasteiger partial charge is 0.494 e. The minimum atomic E-state index is -1.57. The van der Waals surface area contributed by atoms with Gasteiger partial charge in [0.05, 0.1) is 17.6 Å². The second-order valence-electron chi connectivity index (χ2n) is 4.56. The zero-order valence-corrected chi connectivity index (χ0v) is 14.7. The Kier molecular flexibility index (Phi) is 9.45. The quantitative estimate of drug-likeness (QED) is 0.218. The van der Waals surface area contributed by atoms with Crippen LogP contribution in [0.3, 0.4) is 0 Å². The van der Waals surface area contributed by atoms with Crippen molar-refractivity contribution < 1.29 is 24.3 Å². The van der Waals surface area contributed by atoms with E-state index in [1.165, 1.54) is 0 Å². The first-order chi connectivity index (χ1) is 10.6. The van der Waals surface area contributed by atoms with Gasteiger partial charge in [0.25, 0.3) is 0 Å². The molecule has 0 saturated carbocycles. The number of ether oxygens (including phenoxy) is 2. The Hall–Kier alpha value is -0.835. The van der Waals surface area contributed by atoms with Gasteiger partial charge in [-0.15, -0.1) is 0 Å². The Bertz CT molecular complexity index is 473. The molecule has 0 heterocycles. The number of amides is 1. The van der Waals surface area contributed by atoms with Crippen LogP contribution in [0.25, 0.3) is 0 Å². The summed E-state index contributed by atoms with van der Waals surface area (Å²) >= 11 is 2.01. The third-order valence-electron chi connectivity index (χ3n) is 2.89. The summed E-state index contributed by atoms with van der Waals surface area (Å²) in [5.74, 6) is 0.565. The van der Waals surface area contributed by atoms with E-state index in [-0.39, 0.29) is 5.91 Å². The highest BCUT2D eigenvalue weighted by Gasteiger charge is 2.17. The fourth-order valence-corrected chi connectivity index (χ4v) is 2.05. The summed E-state index contributed by atoms with van der Waals surface area (Å²) in [6.45, 7) is 3.75. The van der Waals surface area contributed by atoms with Crippen LogP contribution in [0.1, 0.15) is 18.9 Å². The molecule has 122 valence electrons. The number of nitrogens with one attached hydrogen (secondary N) is 1. The van der Waals surface area contributed by atoms with E-state index in [9.17, 15) is 14.8 Å². The van der Waals surface area contributed by atoms with Crippen molar-refractivity contribution in [3.8, 4) is 5.75 Å². The van der Waals surface area contributed by atoms with E-state index in [0.717, 1.165) is 5.56 Å². The molecule has 0 unspecified atom stereocenters. The van der Waals surface area contributed by atoms with Crippen molar-refractivity contribution in [3.63, 3.8) is 0 Å². The number of carbonyl (C=O) groups is 1. The zero-order valence-electron chi connectivity index (χ0n) is 12.5. The fourth-order valence-electron chi connectivity index (χ4n) is 1.78. The molecule has 0 spiro atoms. The van der Waals surface area contributed by atoms with Crippen LogP contribution in [-0.2, 0) is 16.1 Å². The van der Waals surface area contributed by atoms with Crippen LogP contribution in [0.2, 0.25) is 0 Å². The second kappa shape index (κ2) is 10.8. The van der Waals surface area contributed by atoms with Gasteiger partial charge in [0.2, 0.25) is 5.91 Å². The summed E-state index contributed by atoms with van der Waals surface area (Å²) in [6, 6.07) is 5.13. The Labute approximate surface area is 144 Å². The average Bonchev–Trinajstić information content (AvgIpc) is 2.52. The lowest BCUT2D eigenvalue weighted by atomic mass is 9.77. The van der Waals surface area contributed by atoms with Crippen LogP contribution in [0.15, 0.2) is 18.2 Å². The molecule has 1 rings (SSSR count). The highest BCUT2D eigenvalue weighted by molar-refractivity contribution is 14.1. The van der Waals surface area contributed by atoms with E-state index in [4.69, 9.17) is 9.47 Å². The molecular formula is C14H21BINO5. The molecule has 3 N–H and O–H groups in total. The summed E-state index contributed by atoms with van der Waals surface area (Å²) in [6.07, 6.45) is 0.681. The zero-order chi connectivity index (χ0) is 16.4. The maximum absolute atomic E-state index is 11.1. The highest BCUT2D eigenvalue weighted by atomic mass is 127. The molecule has 1 aromatic carbocycles. The van der Waals surface area contributed by atoms with Crippen molar-refractivity contribution >= 4 is 41.1 Å². The molecule has 0 aliphatic heterocycles. The van der Waals surface area contributed by atoms with Crippen molar-refractivity contribution in [2.75, 3.05) is 24.2 Å². The predicted octanol–water partition coefficient (Wildman–Crippen LogP) is 0.223. The van der Waals surface area contributed by atoms with Crippen molar-refractivity contribution in [2.24, 2.45) is 0 Å². The molecule has 0 saturated heterocycles. The number of rotatable bonds is 10. The second-order valence-corrected chi connectivity index (χ2v) is 5.32. The molecule has 0 radical (unpaired) electrons. The number of hydrogen-bond donors (Lipinski definition) is 3. The molecule has 0 fully saturated rings. The normalized spacial score (nSPS) is 10.4. The van der Waals surface area contributed by atoms with E-state index in [1.54, 1.807) is 18.2 Å². The summed E-state index contributed by atoms with van der Waals surface area (Å²) in [5, 5.41) is 21.6. The summed E-state index contributed by atoms with van der Waals surface area (Å²) in [7, 11) is -1.57. The minimum Gasteiger partial charge on any atom is -0.494 e. The van der Waals surface area contributed by atoms with Crippen LogP contribution in [0.5, 0.6) is 5.75 Å². The monoisotopic (exact) mass is 421 g/mol. The van der Waals surface area contributed by atoms with Crippen molar-refractivity contribution in [3.05, 3.63) is 23.8 Å². The van der Waals surface area contributed by atoms with Crippen LogP contribution < -0.4 is 15.5 Å². The molecule has 0 aliphatic rings. The molecule has 8 heteroatoms. The van der Waals surface area contributed by atoms with E-state index >= 15 is 0 Å². The molecule has 22 heavy (non-hydrogen) atoms. The van der Waals surface area contributed by atoms with Crippen molar-refractivity contribution in [1.82, 2.24) is 5.32 Å². The Morgan fingerprint density at radius 3 is 2.82 bits per heavy atom. The minimum absolute atomic E-state index is 0.00608. The number of halogens is 1. The summed E-state index contributed by atoms with van der Waals surface area (Å²) in [5.41, 5.74) is 1.10. The molecular weight excluding hydrogens is 400 g/mol. The topological polar surface area (TPSA) is 88.0 Å². The number of alkyl halides is 1. The number of carbonyl (C=O) groups excluding carboxylic acids is 1. The van der Waals surface area contributed by atoms with E-state index < -0.39 is 7.12 Å². The Morgan fingerprint density at radius 1 is 1.41 bits per heavy atom. The molecule has 1 amide bonds. The van der Waals surface area contributed by atoms with Crippen LogP contribution >= 0.6 is 22.6 Å². The van der Waals surface area contributed by atoms with Crippen LogP contribution in [-0.4, -0.2) is 47.3 Å². The van der Waals surface area contributed by atoms with E-state index in [0.29, 0.717) is 48.4 Å². The first kappa shape index (κ1) is 19.2. The lowest BCUT2D eigenvalue weighted by Gasteiger charge is -2.12. The predicted molar refractivity (Wildman–Crippen MR) is 93.6 cm³/mol. The lowest BCUT2D eigenvalue weighted by Crippen LogP contribution is -2.33. The SMILES string of the molecule is CCOCc1ccc(OCCCNC(=O)CI)cc1B(O)O. The maximum atomic E-state index is 11.1. The molecule has 0 atom stereocenters. The summed E-state index contributed by atoms with van der Waals surface area (Å²) in [4.78, 5) is 11.1. The third kappa shape index (κ3) is 6.95.